The fourth-order valence-electron chi connectivity index (χ4n) is 2.63. The molecule has 1 fully saturated rings. The first kappa shape index (κ1) is 12.8. The van der Waals surface area contributed by atoms with Crippen molar-refractivity contribution < 1.29 is 4.39 Å². The first-order valence-electron chi connectivity index (χ1n) is 6.81. The molecule has 3 nitrogen and oxygen atoms in total. The quantitative estimate of drug-likeness (QED) is 0.849. The molecule has 0 aliphatic heterocycles. The summed E-state index contributed by atoms with van der Waals surface area (Å²) in [6.45, 7) is 5.03. The van der Waals surface area contributed by atoms with E-state index in [2.05, 4.69) is 16.8 Å². The number of nitrogens with zero attached hydrogens (tertiary/aromatic N) is 2. The van der Waals surface area contributed by atoms with E-state index in [1.807, 2.05) is 10.6 Å². The highest BCUT2D eigenvalue weighted by Crippen LogP contribution is 2.26. The lowest BCUT2D eigenvalue weighted by Crippen LogP contribution is -2.29. The number of aromatic nitrogens is 2. The third kappa shape index (κ3) is 2.44. The summed E-state index contributed by atoms with van der Waals surface area (Å²) in [5, 5.41) is 0. The van der Waals surface area contributed by atoms with Crippen LogP contribution in [-0.4, -0.2) is 33.6 Å². The van der Waals surface area contributed by atoms with Crippen LogP contribution in [0, 0.1) is 10.6 Å². The molecule has 0 unspecified atom stereocenters. The van der Waals surface area contributed by atoms with Gasteiger partial charge >= 0.3 is 0 Å². The van der Waals surface area contributed by atoms with Gasteiger partial charge in [-0.2, -0.15) is 0 Å². The summed E-state index contributed by atoms with van der Waals surface area (Å²) in [4.78, 5) is 5.44. The van der Waals surface area contributed by atoms with Crippen LogP contribution < -0.4 is 0 Å². The molecule has 0 spiro atoms. The third-order valence-corrected chi connectivity index (χ3v) is 4.16. The maximum absolute atomic E-state index is 13.7. The van der Waals surface area contributed by atoms with E-state index in [9.17, 15) is 4.39 Å². The Bertz CT molecular complexity index is 642. The number of halogens is 1. The van der Waals surface area contributed by atoms with Gasteiger partial charge < -0.3 is 9.55 Å². The lowest BCUT2D eigenvalue weighted by molar-refractivity contribution is 0.267. The van der Waals surface area contributed by atoms with Crippen molar-refractivity contribution in [2.75, 3.05) is 13.1 Å². The van der Waals surface area contributed by atoms with Gasteiger partial charge in [-0.3, -0.25) is 4.90 Å². The number of benzene rings is 1. The van der Waals surface area contributed by atoms with Crippen LogP contribution in [0.5, 0.6) is 0 Å². The summed E-state index contributed by atoms with van der Waals surface area (Å²) in [6, 6.07) is 5.86. The standard InChI is InChI=1S/C14H18FN3S/c1-2-17(10-6-7-10)8-9-18-12-5-3-4-11(15)13(12)16-14(18)19/h3-5,10H,2,6-9H2,1H3,(H,16,19). The number of imidazole rings is 1. The topological polar surface area (TPSA) is 24.0 Å². The molecule has 0 atom stereocenters. The Balaban J connectivity index is 1.86. The zero-order chi connectivity index (χ0) is 13.4. The Labute approximate surface area is 117 Å². The normalized spacial score (nSPS) is 15.5. The van der Waals surface area contributed by atoms with Gasteiger partial charge in [0, 0.05) is 19.1 Å². The molecule has 1 aromatic carbocycles. The largest absolute Gasteiger partial charge is 0.328 e. The van der Waals surface area contributed by atoms with E-state index in [1.54, 1.807) is 6.07 Å². The van der Waals surface area contributed by atoms with Crippen molar-refractivity contribution >= 4 is 23.3 Å². The van der Waals surface area contributed by atoms with Crippen molar-refractivity contribution in [2.45, 2.75) is 32.4 Å². The number of hydrogen-bond donors (Lipinski definition) is 1. The second-order valence-electron chi connectivity index (χ2n) is 5.08. The zero-order valence-corrected chi connectivity index (χ0v) is 11.8. The minimum Gasteiger partial charge on any atom is -0.328 e. The smallest absolute Gasteiger partial charge is 0.178 e. The van der Waals surface area contributed by atoms with Gasteiger partial charge in [0.15, 0.2) is 4.77 Å². The molecule has 0 radical (unpaired) electrons. The van der Waals surface area contributed by atoms with E-state index in [-0.39, 0.29) is 5.82 Å². The van der Waals surface area contributed by atoms with E-state index < -0.39 is 0 Å². The summed E-state index contributed by atoms with van der Waals surface area (Å²) < 4.78 is 16.3. The second kappa shape index (κ2) is 5.06. The fraction of sp³-hybridized carbons (Fsp3) is 0.500. The SMILES string of the molecule is CCN(CCn1c(=S)[nH]c2c(F)cccc21)C1CC1. The number of para-hydroxylation sites is 1. The van der Waals surface area contributed by atoms with Crippen molar-refractivity contribution in [3.8, 4) is 0 Å². The molecule has 1 heterocycles. The molecule has 0 amide bonds. The number of likely N-dealkylation sites (N-methyl/N-ethyl adjacent to an activating group) is 1. The van der Waals surface area contributed by atoms with Crippen LogP contribution in [0.2, 0.25) is 0 Å². The molecule has 0 bridgehead atoms. The number of aromatic amines is 1. The van der Waals surface area contributed by atoms with Crippen molar-refractivity contribution in [1.82, 2.24) is 14.5 Å². The van der Waals surface area contributed by atoms with E-state index in [0.717, 1.165) is 31.2 Å². The van der Waals surface area contributed by atoms with E-state index in [0.29, 0.717) is 10.3 Å². The van der Waals surface area contributed by atoms with Crippen LogP contribution in [0.3, 0.4) is 0 Å². The molecule has 1 aliphatic rings. The Kier molecular flexibility index (Phi) is 3.41. The number of H-pyrrole nitrogens is 1. The lowest BCUT2D eigenvalue weighted by atomic mass is 10.3. The minimum atomic E-state index is -0.239. The highest BCUT2D eigenvalue weighted by Gasteiger charge is 2.27. The van der Waals surface area contributed by atoms with Crippen LogP contribution in [0.15, 0.2) is 18.2 Å². The molecule has 3 rings (SSSR count). The Morgan fingerprint density at radius 1 is 1.47 bits per heavy atom. The zero-order valence-electron chi connectivity index (χ0n) is 11.0. The number of nitrogens with one attached hydrogen (secondary N) is 1. The molecule has 19 heavy (non-hydrogen) atoms. The molecule has 1 saturated carbocycles. The van der Waals surface area contributed by atoms with Crippen molar-refractivity contribution in [3.05, 3.63) is 28.8 Å². The van der Waals surface area contributed by atoms with Crippen molar-refractivity contribution in [3.63, 3.8) is 0 Å². The first-order chi connectivity index (χ1) is 9.20. The summed E-state index contributed by atoms with van der Waals surface area (Å²) in [5.41, 5.74) is 1.37. The van der Waals surface area contributed by atoms with Gasteiger partial charge in [0.25, 0.3) is 0 Å². The van der Waals surface area contributed by atoms with Crippen LogP contribution >= 0.6 is 12.2 Å². The third-order valence-electron chi connectivity index (χ3n) is 3.84. The van der Waals surface area contributed by atoms with Crippen LogP contribution in [0.4, 0.5) is 4.39 Å². The number of fused-ring (bicyclic) bond motifs is 1. The Morgan fingerprint density at radius 2 is 2.26 bits per heavy atom. The molecule has 0 saturated heterocycles. The van der Waals surface area contributed by atoms with Gasteiger partial charge in [-0.25, -0.2) is 4.39 Å². The van der Waals surface area contributed by atoms with Gasteiger partial charge in [0.1, 0.15) is 11.3 Å². The van der Waals surface area contributed by atoms with E-state index in [1.165, 1.54) is 18.9 Å². The molecule has 1 aliphatic carbocycles. The molecular weight excluding hydrogens is 261 g/mol. The minimum absolute atomic E-state index is 0.239. The maximum atomic E-state index is 13.7. The number of rotatable bonds is 5. The molecular formula is C14H18FN3S. The molecule has 102 valence electrons. The predicted molar refractivity (Wildman–Crippen MR) is 77.3 cm³/mol. The average Bonchev–Trinajstić information content (AvgIpc) is 3.17. The molecule has 1 aromatic heterocycles. The van der Waals surface area contributed by atoms with Gasteiger partial charge in [-0.15, -0.1) is 0 Å². The van der Waals surface area contributed by atoms with Crippen LogP contribution in [0.25, 0.3) is 11.0 Å². The Morgan fingerprint density at radius 3 is 2.95 bits per heavy atom. The van der Waals surface area contributed by atoms with E-state index >= 15 is 0 Å². The summed E-state index contributed by atoms with van der Waals surface area (Å²) in [6.07, 6.45) is 2.61. The highest BCUT2D eigenvalue weighted by molar-refractivity contribution is 7.71. The average molecular weight is 279 g/mol. The fourth-order valence-corrected chi connectivity index (χ4v) is 2.93. The lowest BCUT2D eigenvalue weighted by Gasteiger charge is -2.20. The van der Waals surface area contributed by atoms with Crippen LogP contribution in [0.1, 0.15) is 19.8 Å². The van der Waals surface area contributed by atoms with Crippen LogP contribution in [-0.2, 0) is 6.54 Å². The summed E-state index contributed by atoms with van der Waals surface area (Å²) in [7, 11) is 0. The monoisotopic (exact) mass is 279 g/mol. The molecule has 1 N–H and O–H groups in total. The summed E-state index contributed by atoms with van der Waals surface area (Å²) >= 11 is 5.30. The second-order valence-corrected chi connectivity index (χ2v) is 5.46. The number of hydrogen-bond acceptors (Lipinski definition) is 2. The van der Waals surface area contributed by atoms with Gasteiger partial charge in [0.05, 0.1) is 5.52 Å². The highest BCUT2D eigenvalue weighted by atomic mass is 32.1. The first-order valence-corrected chi connectivity index (χ1v) is 7.22. The predicted octanol–water partition coefficient (Wildman–Crippen LogP) is 3.32. The van der Waals surface area contributed by atoms with Gasteiger partial charge in [-0.05, 0) is 43.7 Å². The Hall–Kier alpha value is -1.20. The van der Waals surface area contributed by atoms with E-state index in [4.69, 9.17) is 12.2 Å². The van der Waals surface area contributed by atoms with Gasteiger partial charge in [0.2, 0.25) is 0 Å². The maximum Gasteiger partial charge on any atom is 0.178 e. The molecule has 2 aromatic rings. The van der Waals surface area contributed by atoms with Gasteiger partial charge in [-0.1, -0.05) is 13.0 Å². The van der Waals surface area contributed by atoms with Crippen molar-refractivity contribution in [1.29, 1.82) is 0 Å². The van der Waals surface area contributed by atoms with Crippen molar-refractivity contribution in [2.24, 2.45) is 0 Å². The molecule has 5 heteroatoms. The summed E-state index contributed by atoms with van der Waals surface area (Å²) in [5.74, 6) is -0.239.